The van der Waals surface area contributed by atoms with E-state index in [1.165, 1.54) is 5.69 Å². The average Bonchev–Trinajstić information content (AvgIpc) is 2.59. The van der Waals surface area contributed by atoms with Gasteiger partial charge in [-0.3, -0.25) is 4.90 Å². The molecule has 0 atom stereocenters. The zero-order chi connectivity index (χ0) is 17.1. The number of piperazine rings is 1. The summed E-state index contributed by atoms with van der Waals surface area (Å²) in [6, 6.07) is 11.8. The molecule has 4 nitrogen and oxygen atoms in total. The van der Waals surface area contributed by atoms with Gasteiger partial charge in [0.2, 0.25) is 0 Å². The number of anilines is 1. The Hall–Kier alpha value is -1.43. The van der Waals surface area contributed by atoms with Crippen molar-refractivity contribution < 1.29 is 9.84 Å². The Labute approximate surface area is 155 Å². The van der Waals surface area contributed by atoms with Gasteiger partial charge in [-0.15, -0.1) is 0 Å². The molecule has 3 rings (SSSR count). The molecule has 2 aromatic carbocycles. The highest BCUT2D eigenvalue weighted by Gasteiger charge is 2.18. The molecule has 0 bridgehead atoms. The van der Waals surface area contributed by atoms with Crippen LogP contribution in [0.3, 0.4) is 0 Å². The van der Waals surface area contributed by atoms with Crippen LogP contribution in [0.1, 0.15) is 5.56 Å². The van der Waals surface area contributed by atoms with E-state index < -0.39 is 0 Å². The third-order valence-electron chi connectivity index (χ3n) is 4.28. The van der Waals surface area contributed by atoms with Gasteiger partial charge >= 0.3 is 0 Å². The summed E-state index contributed by atoms with van der Waals surface area (Å²) in [5, 5.41) is 10.7. The van der Waals surface area contributed by atoms with Gasteiger partial charge in [-0.2, -0.15) is 0 Å². The standard InChI is InChI=1S/C18H20BrClN2O2/c1-24-17-11-13(10-16(19)18(17)23)12-21-6-8-22(9-7-21)15-4-2-14(20)3-5-15/h2-5,10-11,23H,6-9,12H2,1H3. The molecule has 1 aliphatic rings. The largest absolute Gasteiger partial charge is 0.503 e. The maximum Gasteiger partial charge on any atom is 0.172 e. The summed E-state index contributed by atoms with van der Waals surface area (Å²) in [6.07, 6.45) is 0. The molecule has 0 spiro atoms. The quantitative estimate of drug-likeness (QED) is 0.820. The van der Waals surface area contributed by atoms with E-state index in [9.17, 15) is 5.11 Å². The van der Waals surface area contributed by atoms with Crippen LogP contribution in [0.5, 0.6) is 11.5 Å². The van der Waals surface area contributed by atoms with Crippen LogP contribution in [0.4, 0.5) is 5.69 Å². The minimum Gasteiger partial charge on any atom is -0.503 e. The van der Waals surface area contributed by atoms with Crippen molar-refractivity contribution in [3.05, 3.63) is 51.5 Å². The first kappa shape index (κ1) is 17.4. The van der Waals surface area contributed by atoms with Crippen molar-refractivity contribution in [2.24, 2.45) is 0 Å². The summed E-state index contributed by atoms with van der Waals surface area (Å²) in [5.41, 5.74) is 2.34. The fraction of sp³-hybridized carbons (Fsp3) is 0.333. The Bertz CT molecular complexity index is 701. The number of halogens is 2. The lowest BCUT2D eigenvalue weighted by Gasteiger charge is -2.36. The number of rotatable bonds is 4. The zero-order valence-corrected chi connectivity index (χ0v) is 15.8. The lowest BCUT2D eigenvalue weighted by molar-refractivity contribution is 0.249. The number of benzene rings is 2. The van der Waals surface area contributed by atoms with Crippen LogP contribution < -0.4 is 9.64 Å². The lowest BCUT2D eigenvalue weighted by atomic mass is 10.1. The molecule has 1 aliphatic heterocycles. The Morgan fingerprint density at radius 2 is 1.79 bits per heavy atom. The molecule has 2 aromatic rings. The van der Waals surface area contributed by atoms with Gasteiger partial charge in [0.1, 0.15) is 0 Å². The van der Waals surface area contributed by atoms with Crippen molar-refractivity contribution >= 4 is 33.2 Å². The summed E-state index contributed by atoms with van der Waals surface area (Å²) in [7, 11) is 1.57. The first-order chi connectivity index (χ1) is 11.6. The summed E-state index contributed by atoms with van der Waals surface area (Å²) < 4.78 is 5.89. The van der Waals surface area contributed by atoms with Crippen molar-refractivity contribution in [3.8, 4) is 11.5 Å². The molecule has 0 unspecified atom stereocenters. The average molecular weight is 412 g/mol. The monoisotopic (exact) mass is 410 g/mol. The highest BCUT2D eigenvalue weighted by Crippen LogP contribution is 2.35. The molecule has 6 heteroatoms. The second-order valence-electron chi connectivity index (χ2n) is 5.87. The molecule has 0 aliphatic carbocycles. The number of phenols is 1. The lowest BCUT2D eigenvalue weighted by Crippen LogP contribution is -2.45. The number of nitrogens with zero attached hydrogens (tertiary/aromatic N) is 2. The van der Waals surface area contributed by atoms with Crippen LogP contribution in [-0.2, 0) is 6.54 Å². The predicted molar refractivity (Wildman–Crippen MR) is 101 cm³/mol. The summed E-state index contributed by atoms with van der Waals surface area (Å²) in [4.78, 5) is 4.78. The minimum atomic E-state index is 0.147. The number of hydrogen-bond donors (Lipinski definition) is 1. The molecular formula is C18H20BrClN2O2. The summed E-state index contributed by atoms with van der Waals surface area (Å²) >= 11 is 9.33. The smallest absolute Gasteiger partial charge is 0.172 e. The number of phenolic OH excluding ortho intramolecular Hbond substituents is 1. The molecule has 0 aromatic heterocycles. The van der Waals surface area contributed by atoms with Crippen molar-refractivity contribution in [1.29, 1.82) is 0 Å². The number of methoxy groups -OCH3 is 1. The van der Waals surface area contributed by atoms with Crippen LogP contribution in [0, 0.1) is 0 Å². The molecule has 128 valence electrons. The fourth-order valence-electron chi connectivity index (χ4n) is 2.95. The van der Waals surface area contributed by atoms with Gasteiger partial charge < -0.3 is 14.7 Å². The van der Waals surface area contributed by atoms with E-state index in [1.807, 2.05) is 24.3 Å². The molecule has 0 radical (unpaired) electrons. The minimum absolute atomic E-state index is 0.147. The van der Waals surface area contributed by atoms with Crippen LogP contribution in [0.15, 0.2) is 40.9 Å². The number of ether oxygens (including phenoxy) is 1. The fourth-order valence-corrected chi connectivity index (χ4v) is 3.56. The Balaban J connectivity index is 1.61. The molecule has 1 heterocycles. The van der Waals surface area contributed by atoms with Crippen molar-refractivity contribution in [2.75, 3.05) is 38.2 Å². The molecule has 1 saturated heterocycles. The second-order valence-corrected chi connectivity index (χ2v) is 7.16. The molecular weight excluding hydrogens is 392 g/mol. The van der Waals surface area contributed by atoms with Crippen molar-refractivity contribution in [3.63, 3.8) is 0 Å². The maximum atomic E-state index is 9.91. The Morgan fingerprint density at radius 3 is 2.42 bits per heavy atom. The molecule has 0 amide bonds. The highest BCUT2D eigenvalue weighted by molar-refractivity contribution is 9.10. The van der Waals surface area contributed by atoms with Crippen molar-refractivity contribution in [2.45, 2.75) is 6.54 Å². The van der Waals surface area contributed by atoms with E-state index >= 15 is 0 Å². The molecule has 0 saturated carbocycles. The zero-order valence-electron chi connectivity index (χ0n) is 13.5. The van der Waals surface area contributed by atoms with Crippen LogP contribution in [0.2, 0.25) is 5.02 Å². The van der Waals surface area contributed by atoms with Crippen LogP contribution >= 0.6 is 27.5 Å². The summed E-state index contributed by atoms with van der Waals surface area (Å²) in [6.45, 7) is 4.78. The molecule has 24 heavy (non-hydrogen) atoms. The van der Waals surface area contributed by atoms with Gasteiger partial charge in [0, 0.05) is 43.4 Å². The topological polar surface area (TPSA) is 35.9 Å². The highest BCUT2D eigenvalue weighted by atomic mass is 79.9. The van der Waals surface area contributed by atoms with Gasteiger partial charge in [0.05, 0.1) is 11.6 Å². The van der Waals surface area contributed by atoms with Gasteiger partial charge in [0.15, 0.2) is 11.5 Å². The van der Waals surface area contributed by atoms with Crippen LogP contribution in [-0.4, -0.2) is 43.3 Å². The van der Waals surface area contributed by atoms with Gasteiger partial charge in [-0.25, -0.2) is 0 Å². The summed E-state index contributed by atoms with van der Waals surface area (Å²) in [5.74, 6) is 0.646. The third kappa shape index (κ3) is 3.97. The van der Waals surface area contributed by atoms with E-state index in [4.69, 9.17) is 16.3 Å². The van der Waals surface area contributed by atoms with E-state index in [2.05, 4.69) is 37.9 Å². The van der Waals surface area contributed by atoms with Gasteiger partial charge in [-0.05, 0) is 57.9 Å². The number of hydrogen-bond acceptors (Lipinski definition) is 4. The predicted octanol–water partition coefficient (Wildman–Crippen LogP) is 4.14. The first-order valence-corrected chi connectivity index (χ1v) is 9.02. The maximum absolute atomic E-state index is 9.91. The second kappa shape index (κ2) is 7.64. The number of aromatic hydroxyl groups is 1. The third-order valence-corrected chi connectivity index (χ3v) is 5.13. The van der Waals surface area contributed by atoms with Crippen LogP contribution in [0.25, 0.3) is 0 Å². The molecule has 1 fully saturated rings. The van der Waals surface area contributed by atoms with E-state index in [-0.39, 0.29) is 5.75 Å². The SMILES string of the molecule is COc1cc(CN2CCN(c3ccc(Cl)cc3)CC2)cc(Br)c1O. The van der Waals surface area contributed by atoms with E-state index in [0.717, 1.165) is 43.3 Å². The first-order valence-electron chi connectivity index (χ1n) is 7.85. The molecule has 1 N–H and O–H groups in total. The Kier molecular flexibility index (Phi) is 5.54. The van der Waals surface area contributed by atoms with Gasteiger partial charge in [0.25, 0.3) is 0 Å². The van der Waals surface area contributed by atoms with Crippen molar-refractivity contribution in [1.82, 2.24) is 4.90 Å². The Morgan fingerprint density at radius 1 is 1.12 bits per heavy atom. The normalized spacial score (nSPS) is 15.5. The van der Waals surface area contributed by atoms with Gasteiger partial charge in [-0.1, -0.05) is 11.6 Å². The van der Waals surface area contributed by atoms with E-state index in [0.29, 0.717) is 10.2 Å². The van der Waals surface area contributed by atoms with E-state index in [1.54, 1.807) is 7.11 Å².